The molecule has 0 aliphatic carbocycles. The maximum atomic E-state index is 12.9. The van der Waals surface area contributed by atoms with Crippen LogP contribution in [-0.4, -0.2) is 35.7 Å². The van der Waals surface area contributed by atoms with Crippen molar-refractivity contribution in [3.05, 3.63) is 24.3 Å². The van der Waals surface area contributed by atoms with E-state index in [2.05, 4.69) is 38.2 Å². The first-order chi connectivity index (χ1) is 28.0. The number of hydrogen-bond donors (Lipinski definition) is 2. The van der Waals surface area contributed by atoms with Crippen molar-refractivity contribution in [2.75, 3.05) is 6.61 Å². The fourth-order valence-electron chi connectivity index (χ4n) is 7.70. The van der Waals surface area contributed by atoms with Crippen molar-refractivity contribution in [2.45, 2.75) is 290 Å². The highest BCUT2D eigenvalue weighted by molar-refractivity contribution is 5.76. The van der Waals surface area contributed by atoms with Gasteiger partial charge < -0.3 is 15.2 Å². The number of aliphatic hydroxyl groups excluding tert-OH is 1. The Balaban J connectivity index is 4.41. The van der Waals surface area contributed by atoms with Crippen molar-refractivity contribution in [3.8, 4) is 0 Å². The van der Waals surface area contributed by atoms with E-state index >= 15 is 0 Å². The van der Waals surface area contributed by atoms with E-state index in [1.807, 2.05) is 6.08 Å². The first-order valence-corrected chi connectivity index (χ1v) is 25.5. The largest absolute Gasteiger partial charge is 0.463 e. The molecule has 0 aromatic heterocycles. The van der Waals surface area contributed by atoms with Gasteiger partial charge in [-0.05, 0) is 51.4 Å². The van der Waals surface area contributed by atoms with E-state index < -0.39 is 12.1 Å². The molecule has 0 rings (SSSR count). The van der Waals surface area contributed by atoms with Crippen molar-refractivity contribution in [1.82, 2.24) is 5.32 Å². The zero-order chi connectivity index (χ0) is 41.5. The van der Waals surface area contributed by atoms with Gasteiger partial charge >= 0.3 is 5.97 Å². The van der Waals surface area contributed by atoms with Gasteiger partial charge in [0.1, 0.15) is 6.61 Å². The molecule has 0 spiro atoms. The molecule has 5 heteroatoms. The minimum absolute atomic E-state index is 0.0132. The molecule has 0 fully saturated rings. The predicted molar refractivity (Wildman–Crippen MR) is 249 cm³/mol. The Morgan fingerprint density at radius 1 is 0.439 bits per heavy atom. The van der Waals surface area contributed by atoms with Crippen LogP contribution in [0.5, 0.6) is 0 Å². The zero-order valence-electron chi connectivity index (χ0n) is 38.6. The van der Waals surface area contributed by atoms with Crippen molar-refractivity contribution in [1.29, 1.82) is 0 Å². The number of hydrogen-bond acceptors (Lipinski definition) is 4. The fourth-order valence-corrected chi connectivity index (χ4v) is 7.70. The molecule has 57 heavy (non-hydrogen) atoms. The average Bonchev–Trinajstić information content (AvgIpc) is 3.21. The number of nitrogens with one attached hydrogen (secondary N) is 1. The molecule has 0 aromatic rings. The van der Waals surface area contributed by atoms with Crippen LogP contribution in [0.15, 0.2) is 24.3 Å². The van der Waals surface area contributed by atoms with E-state index in [0.717, 1.165) is 51.4 Å². The molecule has 5 nitrogen and oxygen atoms in total. The summed E-state index contributed by atoms with van der Waals surface area (Å²) >= 11 is 0. The third-order valence-corrected chi connectivity index (χ3v) is 11.6. The van der Waals surface area contributed by atoms with E-state index in [1.54, 1.807) is 6.08 Å². The number of ether oxygens (including phenoxy) is 1. The van der Waals surface area contributed by atoms with Crippen LogP contribution in [0, 0.1) is 0 Å². The predicted octanol–water partition coefficient (Wildman–Crippen LogP) is 16.2. The molecule has 1 amide bonds. The molecule has 0 radical (unpaired) electrons. The van der Waals surface area contributed by atoms with Crippen LogP contribution in [-0.2, 0) is 14.3 Å². The van der Waals surface area contributed by atoms with Crippen LogP contribution in [0.1, 0.15) is 278 Å². The van der Waals surface area contributed by atoms with Crippen LogP contribution in [0.25, 0.3) is 0 Å². The number of rotatable bonds is 46. The smallest absolute Gasteiger partial charge is 0.305 e. The van der Waals surface area contributed by atoms with Crippen molar-refractivity contribution in [2.24, 2.45) is 0 Å². The molecule has 336 valence electrons. The van der Waals surface area contributed by atoms with Crippen molar-refractivity contribution in [3.63, 3.8) is 0 Å². The molecule has 0 saturated carbocycles. The Morgan fingerprint density at radius 2 is 0.754 bits per heavy atom. The van der Waals surface area contributed by atoms with Gasteiger partial charge in [-0.1, -0.05) is 238 Å². The molecular formula is C52H99NO4. The summed E-state index contributed by atoms with van der Waals surface area (Å²) in [6, 6.07) is -0.621. The summed E-state index contributed by atoms with van der Waals surface area (Å²) in [4.78, 5) is 25.6. The number of unbranched alkanes of at least 4 members (excludes halogenated alkanes) is 34. The van der Waals surface area contributed by atoms with Gasteiger partial charge in [0.25, 0.3) is 0 Å². The van der Waals surface area contributed by atoms with Gasteiger partial charge in [0, 0.05) is 12.8 Å². The van der Waals surface area contributed by atoms with Gasteiger partial charge in [-0.3, -0.25) is 9.59 Å². The van der Waals surface area contributed by atoms with Crippen LogP contribution < -0.4 is 5.32 Å². The first-order valence-electron chi connectivity index (χ1n) is 25.5. The highest BCUT2D eigenvalue weighted by Gasteiger charge is 2.21. The Morgan fingerprint density at radius 3 is 1.14 bits per heavy atom. The van der Waals surface area contributed by atoms with E-state index in [0.29, 0.717) is 12.8 Å². The van der Waals surface area contributed by atoms with Gasteiger partial charge in [-0.25, -0.2) is 0 Å². The molecular weight excluding hydrogens is 703 g/mol. The SMILES string of the molecule is CCCCCCCC/C=C\CCCCCCCC(=O)N[C@@H](COC(=O)CCCCCCCCCCCCCCC)[C@H](O)/C=C/CCCCCCCCCCCCC. The number of carbonyl (C=O) groups is 2. The van der Waals surface area contributed by atoms with Crippen LogP contribution in [0.2, 0.25) is 0 Å². The Labute approximate surface area is 356 Å². The van der Waals surface area contributed by atoms with Gasteiger partial charge in [-0.15, -0.1) is 0 Å². The maximum absolute atomic E-state index is 12.9. The number of amides is 1. The number of esters is 1. The molecule has 0 aromatic carbocycles. The lowest BCUT2D eigenvalue weighted by Gasteiger charge is -2.22. The molecule has 0 heterocycles. The quantitative estimate of drug-likeness (QED) is 0.0365. The van der Waals surface area contributed by atoms with Gasteiger partial charge in [0.2, 0.25) is 5.91 Å². The zero-order valence-corrected chi connectivity index (χ0v) is 38.6. The lowest BCUT2D eigenvalue weighted by Crippen LogP contribution is -2.46. The summed E-state index contributed by atoms with van der Waals surface area (Å²) in [5.74, 6) is -0.297. The second kappa shape index (κ2) is 47.1. The number of carbonyl (C=O) groups excluding carboxylic acids is 2. The van der Waals surface area contributed by atoms with Gasteiger partial charge in [0.05, 0.1) is 12.1 Å². The maximum Gasteiger partial charge on any atom is 0.305 e. The normalized spacial score (nSPS) is 12.8. The third kappa shape index (κ3) is 43.8. The highest BCUT2D eigenvalue weighted by Crippen LogP contribution is 2.15. The molecule has 0 unspecified atom stereocenters. The summed E-state index contributed by atoms with van der Waals surface area (Å²) in [6.45, 7) is 6.82. The number of aliphatic hydroxyl groups is 1. The minimum atomic E-state index is -0.875. The van der Waals surface area contributed by atoms with E-state index in [9.17, 15) is 14.7 Å². The Bertz CT molecular complexity index is 885. The Kier molecular flexibility index (Phi) is 45.7. The second-order valence-electron chi connectivity index (χ2n) is 17.4. The third-order valence-electron chi connectivity index (χ3n) is 11.6. The van der Waals surface area contributed by atoms with E-state index in [4.69, 9.17) is 4.74 Å². The average molecular weight is 802 g/mol. The van der Waals surface area contributed by atoms with Crippen LogP contribution in [0.3, 0.4) is 0 Å². The fraction of sp³-hybridized carbons (Fsp3) is 0.885. The molecule has 0 aliphatic rings. The molecule has 0 aliphatic heterocycles. The van der Waals surface area contributed by atoms with Gasteiger partial charge in [-0.2, -0.15) is 0 Å². The van der Waals surface area contributed by atoms with E-state index in [-0.39, 0.29) is 18.5 Å². The van der Waals surface area contributed by atoms with E-state index in [1.165, 1.54) is 193 Å². The lowest BCUT2D eigenvalue weighted by atomic mass is 10.0. The van der Waals surface area contributed by atoms with Crippen LogP contribution >= 0.6 is 0 Å². The standard InChI is InChI=1S/C52H99NO4/c1-4-7-10-13-16-19-22-25-26-29-31-34-37-40-43-46-51(55)53-49(50(54)45-42-39-36-33-30-27-23-20-17-14-11-8-5-2)48-57-52(56)47-44-41-38-35-32-28-24-21-18-15-12-9-6-3/h25-26,42,45,49-50,54H,4-24,27-41,43-44,46-48H2,1-3H3,(H,53,55)/b26-25-,45-42+/t49-,50+/m0/s1. The minimum Gasteiger partial charge on any atom is -0.463 e. The second-order valence-corrected chi connectivity index (χ2v) is 17.4. The summed E-state index contributed by atoms with van der Waals surface area (Å²) in [5.41, 5.74) is 0. The Hall–Kier alpha value is -1.62. The first kappa shape index (κ1) is 55.4. The molecule has 2 N–H and O–H groups in total. The highest BCUT2D eigenvalue weighted by atomic mass is 16.5. The molecule has 0 bridgehead atoms. The van der Waals surface area contributed by atoms with Crippen molar-refractivity contribution < 1.29 is 19.4 Å². The van der Waals surface area contributed by atoms with Crippen molar-refractivity contribution >= 4 is 11.9 Å². The number of allylic oxidation sites excluding steroid dienone is 3. The lowest BCUT2D eigenvalue weighted by molar-refractivity contribution is -0.146. The van der Waals surface area contributed by atoms with Crippen LogP contribution in [0.4, 0.5) is 0 Å². The summed E-state index contributed by atoms with van der Waals surface area (Å²) in [5, 5.41) is 14.1. The molecule has 0 saturated heterocycles. The molecule has 2 atom stereocenters. The summed E-state index contributed by atoms with van der Waals surface area (Å²) < 4.78 is 5.63. The van der Waals surface area contributed by atoms with Gasteiger partial charge in [0.15, 0.2) is 0 Å². The summed E-state index contributed by atoms with van der Waals surface area (Å²) in [6.07, 6.45) is 56.3. The monoisotopic (exact) mass is 802 g/mol. The topological polar surface area (TPSA) is 75.6 Å². The summed E-state index contributed by atoms with van der Waals surface area (Å²) in [7, 11) is 0.